The maximum atomic E-state index is 12.4. The van der Waals surface area contributed by atoms with Crippen LogP contribution in [0.15, 0.2) is 0 Å². The molecule has 6 heteroatoms. The standard InChI is InChI=1S/C15H28N2O4/c1-11(2)10-17(12-6-4-5-7-12)15(20)16-9-13(21-3)8-14(18)19/h11-13H,4-10H2,1-3H3,(H,16,20)(H,18,19). The molecule has 2 amide bonds. The van der Waals surface area contributed by atoms with Gasteiger partial charge >= 0.3 is 12.0 Å². The molecule has 1 fully saturated rings. The molecule has 1 atom stereocenters. The van der Waals surface area contributed by atoms with Gasteiger partial charge in [-0.2, -0.15) is 0 Å². The molecule has 0 heterocycles. The Hall–Kier alpha value is -1.30. The molecular formula is C15H28N2O4. The van der Waals surface area contributed by atoms with Crippen LogP contribution in [0.25, 0.3) is 0 Å². The van der Waals surface area contributed by atoms with Crippen molar-refractivity contribution in [3.8, 4) is 0 Å². The second kappa shape index (κ2) is 8.87. The lowest BCUT2D eigenvalue weighted by Gasteiger charge is -2.31. The molecule has 0 radical (unpaired) electrons. The number of carbonyl (C=O) groups is 2. The second-order valence-corrected chi connectivity index (χ2v) is 6.13. The van der Waals surface area contributed by atoms with Gasteiger partial charge in [0.05, 0.1) is 12.5 Å². The van der Waals surface area contributed by atoms with E-state index in [1.807, 2.05) is 4.90 Å². The number of carbonyl (C=O) groups excluding carboxylic acids is 1. The van der Waals surface area contributed by atoms with Crippen molar-refractivity contribution in [2.45, 2.75) is 58.1 Å². The zero-order valence-corrected chi connectivity index (χ0v) is 13.3. The van der Waals surface area contributed by atoms with Crippen molar-refractivity contribution in [1.82, 2.24) is 10.2 Å². The van der Waals surface area contributed by atoms with Crippen LogP contribution in [0.4, 0.5) is 4.79 Å². The summed E-state index contributed by atoms with van der Waals surface area (Å²) in [5, 5.41) is 11.6. The summed E-state index contributed by atoms with van der Waals surface area (Å²) < 4.78 is 5.08. The molecule has 2 N–H and O–H groups in total. The van der Waals surface area contributed by atoms with Crippen LogP contribution in [0.3, 0.4) is 0 Å². The fourth-order valence-corrected chi connectivity index (χ4v) is 2.74. The van der Waals surface area contributed by atoms with Crippen molar-refractivity contribution in [3.63, 3.8) is 0 Å². The topological polar surface area (TPSA) is 78.9 Å². The minimum absolute atomic E-state index is 0.107. The van der Waals surface area contributed by atoms with Gasteiger partial charge < -0.3 is 20.1 Å². The van der Waals surface area contributed by atoms with Gasteiger partial charge in [0.25, 0.3) is 0 Å². The van der Waals surface area contributed by atoms with E-state index in [9.17, 15) is 9.59 Å². The van der Waals surface area contributed by atoms with Gasteiger partial charge in [0.2, 0.25) is 0 Å². The lowest BCUT2D eigenvalue weighted by molar-refractivity contribution is -0.139. The van der Waals surface area contributed by atoms with E-state index >= 15 is 0 Å². The number of urea groups is 1. The molecule has 0 spiro atoms. The Kier molecular flexibility index (Phi) is 7.50. The van der Waals surface area contributed by atoms with Gasteiger partial charge in [-0.15, -0.1) is 0 Å². The van der Waals surface area contributed by atoms with Gasteiger partial charge in [-0.05, 0) is 18.8 Å². The van der Waals surface area contributed by atoms with E-state index in [2.05, 4.69) is 19.2 Å². The summed E-state index contributed by atoms with van der Waals surface area (Å²) in [6.07, 6.45) is 3.87. The molecule has 1 aliphatic rings. The summed E-state index contributed by atoms with van der Waals surface area (Å²) in [4.78, 5) is 25.0. The minimum Gasteiger partial charge on any atom is -0.481 e. The lowest BCUT2D eigenvalue weighted by atomic mass is 10.1. The molecule has 0 aromatic heterocycles. The number of nitrogens with zero attached hydrogens (tertiary/aromatic N) is 1. The summed E-state index contributed by atoms with van der Waals surface area (Å²) in [5.74, 6) is -0.514. The first-order chi connectivity index (χ1) is 9.93. The van der Waals surface area contributed by atoms with Crippen LogP contribution in [0, 0.1) is 5.92 Å². The molecule has 21 heavy (non-hydrogen) atoms. The number of hydrogen-bond donors (Lipinski definition) is 2. The number of hydrogen-bond acceptors (Lipinski definition) is 3. The van der Waals surface area contributed by atoms with Crippen LogP contribution in [0.2, 0.25) is 0 Å². The number of rotatable bonds is 8. The first kappa shape index (κ1) is 17.8. The zero-order valence-electron chi connectivity index (χ0n) is 13.3. The maximum Gasteiger partial charge on any atom is 0.317 e. The summed E-state index contributed by atoms with van der Waals surface area (Å²) in [7, 11) is 1.46. The smallest absolute Gasteiger partial charge is 0.317 e. The quantitative estimate of drug-likeness (QED) is 0.719. The Morgan fingerprint density at radius 1 is 1.33 bits per heavy atom. The van der Waals surface area contributed by atoms with Crippen molar-refractivity contribution in [2.75, 3.05) is 20.2 Å². The van der Waals surface area contributed by atoms with Crippen molar-refractivity contribution < 1.29 is 19.4 Å². The normalized spacial score (nSPS) is 17.0. The molecule has 0 bridgehead atoms. The first-order valence-electron chi connectivity index (χ1n) is 7.73. The van der Waals surface area contributed by atoms with E-state index in [0.717, 1.165) is 19.4 Å². The summed E-state index contributed by atoms with van der Waals surface area (Å²) in [6.45, 7) is 5.14. The second-order valence-electron chi connectivity index (χ2n) is 6.13. The van der Waals surface area contributed by atoms with E-state index in [-0.39, 0.29) is 19.0 Å². The molecule has 6 nitrogen and oxygen atoms in total. The van der Waals surface area contributed by atoms with Crippen molar-refractivity contribution in [2.24, 2.45) is 5.92 Å². The molecule has 1 unspecified atom stereocenters. The van der Waals surface area contributed by atoms with Crippen LogP contribution in [-0.2, 0) is 9.53 Å². The molecule has 1 rings (SSSR count). The van der Waals surface area contributed by atoms with E-state index in [1.54, 1.807) is 0 Å². The van der Waals surface area contributed by atoms with Gasteiger partial charge in [0.1, 0.15) is 0 Å². The van der Waals surface area contributed by atoms with Crippen LogP contribution in [0.1, 0.15) is 46.0 Å². The summed E-state index contributed by atoms with van der Waals surface area (Å²) >= 11 is 0. The van der Waals surface area contributed by atoms with Crippen molar-refractivity contribution in [1.29, 1.82) is 0 Å². The van der Waals surface area contributed by atoms with Crippen LogP contribution in [-0.4, -0.2) is 54.4 Å². The molecule has 0 saturated heterocycles. The zero-order chi connectivity index (χ0) is 15.8. The van der Waals surface area contributed by atoms with E-state index in [4.69, 9.17) is 9.84 Å². The lowest BCUT2D eigenvalue weighted by Crippen LogP contribution is -2.48. The number of carboxylic acid groups (broad SMARTS) is 1. The third-order valence-electron chi connectivity index (χ3n) is 3.80. The van der Waals surface area contributed by atoms with Crippen molar-refractivity contribution >= 4 is 12.0 Å². The fraction of sp³-hybridized carbons (Fsp3) is 0.867. The molecule has 1 saturated carbocycles. The fourth-order valence-electron chi connectivity index (χ4n) is 2.74. The van der Waals surface area contributed by atoms with Gasteiger partial charge in [-0.3, -0.25) is 4.79 Å². The Bertz CT molecular complexity index is 341. The molecular weight excluding hydrogens is 272 g/mol. The third kappa shape index (κ3) is 6.33. The predicted molar refractivity (Wildman–Crippen MR) is 80.2 cm³/mol. The number of nitrogens with one attached hydrogen (secondary N) is 1. The highest BCUT2D eigenvalue weighted by Crippen LogP contribution is 2.24. The molecule has 0 aromatic rings. The highest BCUT2D eigenvalue weighted by Gasteiger charge is 2.27. The predicted octanol–water partition coefficient (Wildman–Crippen LogP) is 2.09. The van der Waals surface area contributed by atoms with Crippen LogP contribution >= 0.6 is 0 Å². The number of ether oxygens (including phenoxy) is 1. The van der Waals surface area contributed by atoms with Gasteiger partial charge in [-0.1, -0.05) is 26.7 Å². The first-order valence-corrected chi connectivity index (χ1v) is 7.73. The number of amides is 2. The number of aliphatic carboxylic acids is 1. The summed E-state index contributed by atoms with van der Waals surface area (Å²) in [6, 6.07) is 0.205. The Morgan fingerprint density at radius 2 is 1.95 bits per heavy atom. The average molecular weight is 300 g/mol. The van der Waals surface area contributed by atoms with Crippen LogP contribution in [0.5, 0.6) is 0 Å². The maximum absolute atomic E-state index is 12.4. The van der Waals surface area contributed by atoms with E-state index in [0.29, 0.717) is 12.0 Å². The molecule has 122 valence electrons. The monoisotopic (exact) mass is 300 g/mol. The SMILES string of the molecule is COC(CNC(=O)N(CC(C)C)C1CCCC1)CC(=O)O. The van der Waals surface area contributed by atoms with Gasteiger partial charge in [0, 0.05) is 26.2 Å². The third-order valence-corrected chi connectivity index (χ3v) is 3.80. The Labute approximate surface area is 126 Å². The van der Waals surface area contributed by atoms with Gasteiger partial charge in [0.15, 0.2) is 0 Å². The van der Waals surface area contributed by atoms with Crippen molar-refractivity contribution in [3.05, 3.63) is 0 Å². The Morgan fingerprint density at radius 3 is 2.43 bits per heavy atom. The molecule has 1 aliphatic carbocycles. The summed E-state index contributed by atoms with van der Waals surface area (Å²) in [5.41, 5.74) is 0. The minimum atomic E-state index is -0.925. The Balaban J connectivity index is 2.52. The van der Waals surface area contributed by atoms with Crippen LogP contribution < -0.4 is 5.32 Å². The molecule has 0 aromatic carbocycles. The number of methoxy groups -OCH3 is 1. The van der Waals surface area contributed by atoms with E-state index in [1.165, 1.54) is 20.0 Å². The number of carboxylic acids is 1. The van der Waals surface area contributed by atoms with Gasteiger partial charge in [-0.25, -0.2) is 4.79 Å². The highest BCUT2D eigenvalue weighted by atomic mass is 16.5. The average Bonchev–Trinajstić information content (AvgIpc) is 2.93. The molecule has 0 aliphatic heterocycles. The van der Waals surface area contributed by atoms with E-state index < -0.39 is 12.1 Å². The largest absolute Gasteiger partial charge is 0.481 e. The highest BCUT2D eigenvalue weighted by molar-refractivity contribution is 5.75.